The molecule has 1 N–H and O–H groups in total. The second-order valence-electron chi connectivity index (χ2n) is 10.2. The van der Waals surface area contributed by atoms with Crippen molar-refractivity contribution in [2.45, 2.75) is 30.8 Å². The predicted octanol–water partition coefficient (Wildman–Crippen LogP) is 3.83. The molecule has 36 heavy (non-hydrogen) atoms. The Labute approximate surface area is 212 Å². The number of piperazine rings is 1. The molecule has 0 radical (unpaired) electrons. The lowest BCUT2D eigenvalue weighted by atomic mass is 9.78. The Bertz CT molecular complexity index is 1200. The summed E-state index contributed by atoms with van der Waals surface area (Å²) in [4.78, 5) is 32.6. The van der Waals surface area contributed by atoms with Gasteiger partial charge in [-0.2, -0.15) is 0 Å². The molecule has 0 aromatic heterocycles. The highest BCUT2D eigenvalue weighted by Gasteiger charge is 2.52. The van der Waals surface area contributed by atoms with Gasteiger partial charge >= 0.3 is 6.03 Å². The second-order valence-corrected chi connectivity index (χ2v) is 10.2. The third-order valence-corrected chi connectivity index (χ3v) is 8.02. The summed E-state index contributed by atoms with van der Waals surface area (Å²) in [7, 11) is 0. The van der Waals surface area contributed by atoms with Crippen LogP contribution in [0.3, 0.4) is 0 Å². The van der Waals surface area contributed by atoms with Crippen LogP contribution in [0.4, 0.5) is 4.79 Å². The molecule has 0 saturated carbocycles. The second kappa shape index (κ2) is 9.52. The van der Waals surface area contributed by atoms with Gasteiger partial charge in [-0.15, -0.1) is 0 Å². The number of nitrogens with one attached hydrogen (secondary N) is 1. The highest BCUT2D eigenvalue weighted by Crippen LogP contribution is 2.34. The van der Waals surface area contributed by atoms with E-state index in [4.69, 9.17) is 0 Å². The molecule has 184 valence electrons. The molecule has 1 aliphatic carbocycles. The van der Waals surface area contributed by atoms with Crippen molar-refractivity contribution in [3.63, 3.8) is 0 Å². The molecule has 2 fully saturated rings. The fraction of sp³-hybridized carbons (Fsp3) is 0.333. The molecule has 2 saturated heterocycles. The summed E-state index contributed by atoms with van der Waals surface area (Å²) in [6.45, 7) is 3.71. The van der Waals surface area contributed by atoms with Crippen molar-refractivity contribution in [2.24, 2.45) is 0 Å². The zero-order chi connectivity index (χ0) is 24.5. The van der Waals surface area contributed by atoms with Crippen LogP contribution in [0.5, 0.6) is 0 Å². The van der Waals surface area contributed by atoms with Gasteiger partial charge in [0.2, 0.25) is 0 Å². The zero-order valence-electron chi connectivity index (χ0n) is 20.5. The van der Waals surface area contributed by atoms with Crippen LogP contribution in [0.1, 0.15) is 34.7 Å². The molecular weight excluding hydrogens is 448 g/mol. The van der Waals surface area contributed by atoms with E-state index in [0.717, 1.165) is 32.6 Å². The number of carbonyl (C=O) groups is 2. The summed E-state index contributed by atoms with van der Waals surface area (Å²) in [5, 5.41) is 3.07. The fourth-order valence-corrected chi connectivity index (χ4v) is 6.08. The van der Waals surface area contributed by atoms with Gasteiger partial charge in [-0.05, 0) is 35.1 Å². The number of imide groups is 1. The van der Waals surface area contributed by atoms with Gasteiger partial charge in [-0.3, -0.25) is 14.6 Å². The normalized spacial score (nSPS) is 22.8. The maximum atomic E-state index is 13.5. The lowest BCUT2D eigenvalue weighted by Crippen LogP contribution is -2.53. The average Bonchev–Trinajstić information content (AvgIpc) is 3.14. The first kappa shape index (κ1) is 23.0. The Morgan fingerprint density at radius 3 is 1.97 bits per heavy atom. The minimum atomic E-state index is -0.793. The third kappa shape index (κ3) is 4.21. The summed E-state index contributed by atoms with van der Waals surface area (Å²) in [6, 6.07) is 29.5. The van der Waals surface area contributed by atoms with Gasteiger partial charge in [0.05, 0.1) is 12.7 Å². The summed E-state index contributed by atoms with van der Waals surface area (Å²) in [5.74, 6) is -0.0733. The number of aryl methyl sites for hydroxylation is 1. The predicted molar refractivity (Wildman–Crippen MR) is 139 cm³/mol. The Balaban J connectivity index is 1.13. The van der Waals surface area contributed by atoms with E-state index >= 15 is 0 Å². The minimum absolute atomic E-state index is 0.0733. The molecule has 3 aliphatic rings. The first-order chi connectivity index (χ1) is 17.6. The SMILES string of the molecule is O=C1N[C@]2(CCc3ccccc3C2)C(=O)N1CN1CCN(C(c2ccccc2)c2ccccc2)CC1. The van der Waals surface area contributed by atoms with Crippen LogP contribution < -0.4 is 5.32 Å². The van der Waals surface area contributed by atoms with Crippen LogP contribution >= 0.6 is 0 Å². The standard InChI is InChI=1S/C30H32N4O2/c35-28-30(16-15-23-9-7-8-14-26(23)21-30)31-29(36)34(28)22-32-17-19-33(20-18-32)27(24-10-3-1-4-11-24)25-12-5-2-6-13-25/h1-14,27H,15-22H2,(H,31,36)/t30-/m0/s1. The zero-order valence-corrected chi connectivity index (χ0v) is 20.5. The van der Waals surface area contributed by atoms with Crippen LogP contribution in [-0.2, 0) is 17.6 Å². The number of rotatable bonds is 5. The molecule has 1 spiro atoms. The lowest BCUT2D eigenvalue weighted by Gasteiger charge is -2.40. The summed E-state index contributed by atoms with van der Waals surface area (Å²) < 4.78 is 0. The van der Waals surface area contributed by atoms with Crippen molar-refractivity contribution in [3.8, 4) is 0 Å². The van der Waals surface area contributed by atoms with Crippen molar-refractivity contribution in [1.82, 2.24) is 20.0 Å². The van der Waals surface area contributed by atoms with E-state index < -0.39 is 5.54 Å². The highest BCUT2D eigenvalue weighted by molar-refractivity contribution is 6.07. The van der Waals surface area contributed by atoms with Crippen LogP contribution in [0.25, 0.3) is 0 Å². The Kier molecular flexibility index (Phi) is 6.07. The number of amides is 3. The Morgan fingerprint density at radius 1 is 0.750 bits per heavy atom. The van der Waals surface area contributed by atoms with Gasteiger partial charge in [0.25, 0.3) is 5.91 Å². The van der Waals surface area contributed by atoms with E-state index in [0.29, 0.717) is 19.5 Å². The molecule has 2 heterocycles. The number of nitrogens with zero attached hydrogens (tertiary/aromatic N) is 3. The van der Waals surface area contributed by atoms with Crippen LogP contribution in [0.15, 0.2) is 84.9 Å². The van der Waals surface area contributed by atoms with Crippen molar-refractivity contribution in [1.29, 1.82) is 0 Å². The molecule has 1 atom stereocenters. The van der Waals surface area contributed by atoms with Crippen molar-refractivity contribution >= 4 is 11.9 Å². The van der Waals surface area contributed by atoms with E-state index in [1.807, 2.05) is 12.1 Å². The Hall–Kier alpha value is -3.48. The number of hydrogen-bond donors (Lipinski definition) is 1. The maximum Gasteiger partial charge on any atom is 0.326 e. The monoisotopic (exact) mass is 480 g/mol. The number of benzene rings is 3. The van der Waals surface area contributed by atoms with Gasteiger partial charge in [0, 0.05) is 32.6 Å². The van der Waals surface area contributed by atoms with Gasteiger partial charge in [-0.1, -0.05) is 84.9 Å². The van der Waals surface area contributed by atoms with Gasteiger partial charge in [-0.25, -0.2) is 9.69 Å². The summed E-state index contributed by atoms with van der Waals surface area (Å²) >= 11 is 0. The molecule has 2 aliphatic heterocycles. The molecule has 6 heteroatoms. The van der Waals surface area contributed by atoms with Crippen LogP contribution in [-0.4, -0.2) is 65.0 Å². The van der Waals surface area contributed by atoms with Gasteiger partial charge in [0.15, 0.2) is 0 Å². The van der Waals surface area contributed by atoms with Crippen molar-refractivity contribution in [2.75, 3.05) is 32.8 Å². The first-order valence-electron chi connectivity index (χ1n) is 12.9. The number of hydrogen-bond acceptors (Lipinski definition) is 4. The lowest BCUT2D eigenvalue weighted by molar-refractivity contribution is -0.133. The highest BCUT2D eigenvalue weighted by atomic mass is 16.2. The average molecular weight is 481 g/mol. The van der Waals surface area contributed by atoms with E-state index in [9.17, 15) is 9.59 Å². The summed E-state index contributed by atoms with van der Waals surface area (Å²) in [6.07, 6.45) is 2.05. The molecule has 6 rings (SSSR count). The largest absolute Gasteiger partial charge is 0.326 e. The third-order valence-electron chi connectivity index (χ3n) is 8.02. The topological polar surface area (TPSA) is 55.9 Å². The van der Waals surface area contributed by atoms with Crippen LogP contribution in [0.2, 0.25) is 0 Å². The van der Waals surface area contributed by atoms with E-state index in [2.05, 4.69) is 87.9 Å². The van der Waals surface area contributed by atoms with Gasteiger partial charge < -0.3 is 5.32 Å². The van der Waals surface area contributed by atoms with E-state index in [-0.39, 0.29) is 18.0 Å². The molecular formula is C30H32N4O2. The van der Waals surface area contributed by atoms with E-state index in [1.54, 1.807) is 0 Å². The quantitative estimate of drug-likeness (QED) is 0.564. The number of urea groups is 1. The fourth-order valence-electron chi connectivity index (χ4n) is 6.08. The van der Waals surface area contributed by atoms with Crippen molar-refractivity contribution in [3.05, 3.63) is 107 Å². The molecule has 3 aromatic carbocycles. The molecule has 0 unspecified atom stereocenters. The maximum absolute atomic E-state index is 13.5. The minimum Gasteiger partial charge on any atom is -0.323 e. The Morgan fingerprint density at radius 2 is 1.33 bits per heavy atom. The molecule has 6 nitrogen and oxygen atoms in total. The molecule has 3 amide bonds. The van der Waals surface area contributed by atoms with E-state index in [1.165, 1.54) is 27.2 Å². The van der Waals surface area contributed by atoms with Gasteiger partial charge in [0.1, 0.15) is 5.54 Å². The molecule has 3 aromatic rings. The number of carbonyl (C=O) groups excluding carboxylic acids is 2. The van der Waals surface area contributed by atoms with Crippen molar-refractivity contribution < 1.29 is 9.59 Å². The smallest absolute Gasteiger partial charge is 0.323 e. The summed E-state index contributed by atoms with van der Waals surface area (Å²) in [5.41, 5.74) is 4.22. The molecule has 0 bridgehead atoms. The number of fused-ring (bicyclic) bond motifs is 1. The first-order valence-corrected chi connectivity index (χ1v) is 12.9. The van der Waals surface area contributed by atoms with Crippen LogP contribution in [0, 0.1) is 0 Å².